The lowest BCUT2D eigenvalue weighted by Gasteiger charge is -2.25. The van der Waals surface area contributed by atoms with Crippen molar-refractivity contribution in [1.82, 2.24) is 19.9 Å². The third kappa shape index (κ3) is 5.50. The van der Waals surface area contributed by atoms with E-state index in [1.807, 2.05) is 32.3 Å². The van der Waals surface area contributed by atoms with Gasteiger partial charge in [0, 0.05) is 43.0 Å². The van der Waals surface area contributed by atoms with E-state index >= 15 is 0 Å². The fourth-order valence-electron chi connectivity index (χ4n) is 3.77. The van der Waals surface area contributed by atoms with Crippen LogP contribution in [0, 0.1) is 0 Å². The van der Waals surface area contributed by atoms with E-state index in [1.54, 1.807) is 18.3 Å². The number of aromatic amines is 1. The first-order valence-electron chi connectivity index (χ1n) is 10.6. The molecule has 0 radical (unpaired) electrons. The molecule has 0 bridgehead atoms. The van der Waals surface area contributed by atoms with Gasteiger partial charge in [-0.1, -0.05) is 42.5 Å². The van der Waals surface area contributed by atoms with Gasteiger partial charge in [-0.2, -0.15) is 4.98 Å². The molecule has 3 N–H and O–H groups in total. The number of rotatable bonds is 8. The van der Waals surface area contributed by atoms with Crippen LogP contribution in [0.5, 0.6) is 5.88 Å². The summed E-state index contributed by atoms with van der Waals surface area (Å²) in [5, 5.41) is 15.3. The molecule has 0 saturated carbocycles. The average molecular weight is 430 g/mol. The molecule has 0 unspecified atom stereocenters. The van der Waals surface area contributed by atoms with Crippen LogP contribution < -0.4 is 10.9 Å². The van der Waals surface area contributed by atoms with Crippen LogP contribution in [0.15, 0.2) is 71.7 Å². The number of aromatic hydroxyl groups is 1. The van der Waals surface area contributed by atoms with E-state index in [2.05, 4.69) is 55.5 Å². The number of hydrogen-bond donors (Lipinski definition) is 3. The highest BCUT2D eigenvalue weighted by Gasteiger charge is 2.14. The summed E-state index contributed by atoms with van der Waals surface area (Å²) in [6.07, 6.45) is 2.93. The molecule has 0 spiro atoms. The summed E-state index contributed by atoms with van der Waals surface area (Å²) in [5.41, 5.74) is 2.65. The van der Waals surface area contributed by atoms with Gasteiger partial charge in [0.05, 0.1) is 0 Å². The number of anilines is 1. The predicted octanol–water partition coefficient (Wildman–Crippen LogP) is 3.20. The molecule has 2 aromatic carbocycles. The number of hydrogen-bond acceptors (Lipinski definition) is 6. The SMILES string of the molecule is CN(C)[C@H](CNc1nc(=O)cc(Cc2ccc3ccccc3c2)[nH]1)Cc1ccnc(O)c1. The summed E-state index contributed by atoms with van der Waals surface area (Å²) in [7, 11) is 4.00. The molecule has 164 valence electrons. The summed E-state index contributed by atoms with van der Waals surface area (Å²) in [6.45, 7) is 0.582. The van der Waals surface area contributed by atoms with Gasteiger partial charge in [-0.25, -0.2) is 4.98 Å². The number of benzene rings is 2. The van der Waals surface area contributed by atoms with E-state index in [1.165, 1.54) is 10.8 Å². The van der Waals surface area contributed by atoms with E-state index in [0.717, 1.165) is 23.2 Å². The Balaban J connectivity index is 1.47. The van der Waals surface area contributed by atoms with Crippen molar-refractivity contribution in [3.05, 3.63) is 94.0 Å². The smallest absolute Gasteiger partial charge is 0.274 e. The van der Waals surface area contributed by atoms with Crippen LogP contribution in [0.1, 0.15) is 16.8 Å². The first-order valence-corrected chi connectivity index (χ1v) is 10.6. The zero-order valence-corrected chi connectivity index (χ0v) is 18.2. The van der Waals surface area contributed by atoms with E-state index in [-0.39, 0.29) is 17.5 Å². The molecule has 4 aromatic rings. The van der Waals surface area contributed by atoms with E-state index < -0.39 is 0 Å². The molecule has 0 amide bonds. The molecule has 0 aliphatic rings. The molecule has 0 aliphatic heterocycles. The van der Waals surface area contributed by atoms with Gasteiger partial charge in [0.2, 0.25) is 11.8 Å². The maximum Gasteiger partial charge on any atom is 0.274 e. The maximum absolute atomic E-state index is 12.2. The minimum Gasteiger partial charge on any atom is -0.493 e. The normalized spacial score (nSPS) is 12.2. The van der Waals surface area contributed by atoms with Gasteiger partial charge >= 0.3 is 0 Å². The van der Waals surface area contributed by atoms with Crippen molar-refractivity contribution >= 4 is 16.7 Å². The Hall–Kier alpha value is -3.71. The lowest BCUT2D eigenvalue weighted by atomic mass is 10.0. The molecule has 0 fully saturated rings. The van der Waals surface area contributed by atoms with Gasteiger partial charge in [-0.3, -0.25) is 4.79 Å². The third-order valence-electron chi connectivity index (χ3n) is 5.52. The lowest BCUT2D eigenvalue weighted by molar-refractivity contribution is 0.302. The monoisotopic (exact) mass is 429 g/mol. The summed E-state index contributed by atoms with van der Waals surface area (Å²) in [4.78, 5) is 25.5. The molecule has 4 rings (SSSR count). The molecule has 7 nitrogen and oxygen atoms in total. The summed E-state index contributed by atoms with van der Waals surface area (Å²) >= 11 is 0. The molecule has 0 aliphatic carbocycles. The number of nitrogens with zero attached hydrogens (tertiary/aromatic N) is 3. The molecule has 2 heterocycles. The fraction of sp³-hybridized carbons (Fsp3) is 0.240. The topological polar surface area (TPSA) is 94.1 Å². The second-order valence-corrected chi connectivity index (χ2v) is 8.18. The summed E-state index contributed by atoms with van der Waals surface area (Å²) in [5.74, 6) is 0.470. The minimum atomic E-state index is -0.275. The van der Waals surface area contributed by atoms with E-state index in [4.69, 9.17) is 0 Å². The highest BCUT2D eigenvalue weighted by molar-refractivity contribution is 5.83. The quantitative estimate of drug-likeness (QED) is 0.398. The second kappa shape index (κ2) is 9.62. The van der Waals surface area contributed by atoms with Gasteiger partial charge in [-0.05, 0) is 48.5 Å². The van der Waals surface area contributed by atoms with Crippen LogP contribution in [-0.2, 0) is 12.8 Å². The second-order valence-electron chi connectivity index (χ2n) is 8.18. The highest BCUT2D eigenvalue weighted by atomic mass is 16.3. The number of nitrogens with one attached hydrogen (secondary N) is 2. The number of fused-ring (bicyclic) bond motifs is 1. The molecule has 2 aromatic heterocycles. The summed E-state index contributed by atoms with van der Waals surface area (Å²) in [6, 6.07) is 19.8. The van der Waals surface area contributed by atoms with Gasteiger partial charge in [0.25, 0.3) is 5.56 Å². The van der Waals surface area contributed by atoms with Crippen molar-refractivity contribution in [3.8, 4) is 5.88 Å². The standard InChI is InChI=1S/C25H27N5O2/c1-30(2)22(13-18-9-10-26-23(31)14-18)16-27-25-28-21(15-24(32)29-25)12-17-7-8-19-5-3-4-6-20(19)11-17/h3-11,14-15,22H,12-13,16H2,1-2H3,(H,26,31)(H2,27,28,29,32)/t22-/m0/s1. The van der Waals surface area contributed by atoms with E-state index in [9.17, 15) is 9.90 Å². The number of pyridine rings is 1. The number of likely N-dealkylation sites (N-methyl/N-ethyl adjacent to an activating group) is 1. The Morgan fingerprint density at radius 3 is 2.62 bits per heavy atom. The van der Waals surface area contributed by atoms with Crippen LogP contribution in [0.4, 0.5) is 5.95 Å². The van der Waals surface area contributed by atoms with Crippen molar-refractivity contribution in [2.45, 2.75) is 18.9 Å². The molecular weight excluding hydrogens is 402 g/mol. The predicted molar refractivity (Wildman–Crippen MR) is 127 cm³/mol. The molecule has 1 atom stereocenters. The van der Waals surface area contributed by atoms with Crippen LogP contribution in [-0.4, -0.2) is 51.6 Å². The fourth-order valence-corrected chi connectivity index (χ4v) is 3.77. The van der Waals surface area contributed by atoms with Gasteiger partial charge in [0.1, 0.15) is 0 Å². The Kier molecular flexibility index (Phi) is 6.47. The Morgan fingerprint density at radius 2 is 1.84 bits per heavy atom. The third-order valence-corrected chi connectivity index (χ3v) is 5.52. The Morgan fingerprint density at radius 1 is 1.03 bits per heavy atom. The molecular formula is C25H27N5O2. The van der Waals surface area contributed by atoms with Crippen molar-refractivity contribution in [3.63, 3.8) is 0 Å². The highest BCUT2D eigenvalue weighted by Crippen LogP contribution is 2.18. The van der Waals surface area contributed by atoms with Crippen LogP contribution in [0.25, 0.3) is 10.8 Å². The zero-order valence-electron chi connectivity index (χ0n) is 18.2. The van der Waals surface area contributed by atoms with Gasteiger partial charge in [0.15, 0.2) is 0 Å². The number of H-pyrrole nitrogens is 1. The van der Waals surface area contributed by atoms with Gasteiger partial charge in [-0.15, -0.1) is 0 Å². The molecule has 0 saturated heterocycles. The Bertz CT molecular complexity index is 1270. The summed E-state index contributed by atoms with van der Waals surface area (Å²) < 4.78 is 0. The Labute approximate surface area is 186 Å². The lowest BCUT2D eigenvalue weighted by Crippen LogP contribution is -2.37. The first-order chi connectivity index (χ1) is 15.5. The zero-order chi connectivity index (χ0) is 22.5. The molecule has 7 heteroatoms. The van der Waals surface area contributed by atoms with Crippen LogP contribution in [0.3, 0.4) is 0 Å². The van der Waals surface area contributed by atoms with Crippen molar-refractivity contribution in [1.29, 1.82) is 0 Å². The van der Waals surface area contributed by atoms with Crippen LogP contribution in [0.2, 0.25) is 0 Å². The largest absolute Gasteiger partial charge is 0.493 e. The molecule has 32 heavy (non-hydrogen) atoms. The maximum atomic E-state index is 12.2. The van der Waals surface area contributed by atoms with E-state index in [0.29, 0.717) is 18.9 Å². The minimum absolute atomic E-state index is 0.0142. The van der Waals surface area contributed by atoms with Crippen molar-refractivity contribution in [2.24, 2.45) is 0 Å². The van der Waals surface area contributed by atoms with Crippen molar-refractivity contribution < 1.29 is 5.11 Å². The van der Waals surface area contributed by atoms with Crippen LogP contribution >= 0.6 is 0 Å². The number of aromatic nitrogens is 3. The van der Waals surface area contributed by atoms with Gasteiger partial charge < -0.3 is 20.3 Å². The average Bonchev–Trinajstić information content (AvgIpc) is 2.76. The first kappa shape index (κ1) is 21.5. The van der Waals surface area contributed by atoms with Crippen molar-refractivity contribution in [2.75, 3.05) is 26.0 Å².